The van der Waals surface area contributed by atoms with Crippen molar-refractivity contribution in [3.63, 3.8) is 0 Å². The van der Waals surface area contributed by atoms with Gasteiger partial charge in [-0.05, 0) is 58.5 Å². The summed E-state index contributed by atoms with van der Waals surface area (Å²) in [7, 11) is 0. The number of nitrogens with one attached hydrogen (secondary N) is 1. The third-order valence-corrected chi connectivity index (χ3v) is 3.61. The zero-order valence-corrected chi connectivity index (χ0v) is 12.4. The molecule has 4 nitrogen and oxygen atoms in total. The Balaban J connectivity index is 0.00000162. The maximum absolute atomic E-state index is 12.0. The normalized spacial score (nSPS) is 28.1. The van der Waals surface area contributed by atoms with Crippen molar-refractivity contribution in [3.8, 4) is 0 Å². The molecule has 2 fully saturated rings. The van der Waals surface area contributed by atoms with Crippen molar-refractivity contribution in [1.82, 2.24) is 10.2 Å². The van der Waals surface area contributed by atoms with E-state index in [9.17, 15) is 4.79 Å². The summed E-state index contributed by atoms with van der Waals surface area (Å²) >= 11 is 0. The number of likely N-dealkylation sites (tertiary alicyclic amines) is 1. The lowest BCUT2D eigenvalue weighted by molar-refractivity contribution is 0.0282. The molecule has 2 rings (SSSR count). The van der Waals surface area contributed by atoms with Crippen LogP contribution in [0, 0.1) is 11.8 Å². The largest absolute Gasteiger partial charge is 0.444 e. The van der Waals surface area contributed by atoms with Crippen LogP contribution in [0.2, 0.25) is 0 Å². The monoisotopic (exact) mass is 276 g/mol. The maximum Gasteiger partial charge on any atom is 0.410 e. The number of carbonyl (C=O) groups is 1. The highest BCUT2D eigenvalue weighted by Gasteiger charge is 2.37. The van der Waals surface area contributed by atoms with E-state index >= 15 is 0 Å². The second-order valence-electron chi connectivity index (χ2n) is 6.23. The predicted molar refractivity (Wildman–Crippen MR) is 74.1 cm³/mol. The van der Waals surface area contributed by atoms with Crippen LogP contribution in [0.4, 0.5) is 4.79 Å². The number of hydrogen-bond acceptors (Lipinski definition) is 3. The van der Waals surface area contributed by atoms with Crippen molar-refractivity contribution in [2.24, 2.45) is 11.8 Å². The minimum atomic E-state index is -0.386. The molecule has 2 aliphatic heterocycles. The van der Waals surface area contributed by atoms with E-state index in [-0.39, 0.29) is 24.1 Å². The topological polar surface area (TPSA) is 41.6 Å². The molecular formula is C13H25ClN2O2. The van der Waals surface area contributed by atoms with Gasteiger partial charge in [-0.15, -0.1) is 12.4 Å². The summed E-state index contributed by atoms with van der Waals surface area (Å²) in [5.74, 6) is 1.33. The quantitative estimate of drug-likeness (QED) is 0.738. The molecule has 2 saturated heterocycles. The first-order valence-electron chi connectivity index (χ1n) is 6.64. The fourth-order valence-corrected chi connectivity index (χ4v) is 2.77. The van der Waals surface area contributed by atoms with Crippen molar-refractivity contribution in [2.75, 3.05) is 26.2 Å². The van der Waals surface area contributed by atoms with Gasteiger partial charge in [0.1, 0.15) is 5.60 Å². The van der Waals surface area contributed by atoms with E-state index in [1.807, 2.05) is 25.7 Å². The number of halogens is 1. The Kier molecular flexibility index (Phi) is 5.29. The van der Waals surface area contributed by atoms with E-state index in [0.29, 0.717) is 11.8 Å². The summed E-state index contributed by atoms with van der Waals surface area (Å²) in [6.45, 7) is 9.68. The predicted octanol–water partition coefficient (Wildman–Crippen LogP) is 2.27. The highest BCUT2D eigenvalue weighted by Crippen LogP contribution is 2.30. The second kappa shape index (κ2) is 6.11. The van der Waals surface area contributed by atoms with Crippen LogP contribution in [-0.4, -0.2) is 42.8 Å². The van der Waals surface area contributed by atoms with Crippen LogP contribution in [0.15, 0.2) is 0 Å². The molecule has 0 aromatic rings. The highest BCUT2D eigenvalue weighted by atomic mass is 35.5. The fraction of sp³-hybridized carbons (Fsp3) is 0.923. The first-order valence-corrected chi connectivity index (χ1v) is 6.64. The van der Waals surface area contributed by atoms with Gasteiger partial charge in [0.2, 0.25) is 0 Å². The molecule has 0 unspecified atom stereocenters. The number of nitrogens with zero attached hydrogens (tertiary/aromatic N) is 1. The van der Waals surface area contributed by atoms with Crippen molar-refractivity contribution >= 4 is 18.5 Å². The lowest BCUT2D eigenvalue weighted by atomic mass is 9.92. The first kappa shape index (κ1) is 15.6. The average Bonchev–Trinajstić information content (AvgIpc) is 2.48. The summed E-state index contributed by atoms with van der Waals surface area (Å²) in [4.78, 5) is 13.9. The zero-order valence-electron chi connectivity index (χ0n) is 11.6. The molecule has 0 spiro atoms. The summed E-state index contributed by atoms with van der Waals surface area (Å²) in [5.41, 5.74) is -0.386. The van der Waals surface area contributed by atoms with E-state index in [4.69, 9.17) is 4.74 Å². The second-order valence-corrected chi connectivity index (χ2v) is 6.23. The average molecular weight is 277 g/mol. The smallest absolute Gasteiger partial charge is 0.410 e. The lowest BCUT2D eigenvalue weighted by Gasteiger charge is -2.24. The minimum Gasteiger partial charge on any atom is -0.444 e. The van der Waals surface area contributed by atoms with Gasteiger partial charge in [-0.2, -0.15) is 0 Å². The summed E-state index contributed by atoms with van der Waals surface area (Å²) in [6, 6.07) is 0. The van der Waals surface area contributed by atoms with Crippen LogP contribution in [-0.2, 0) is 4.74 Å². The van der Waals surface area contributed by atoms with Gasteiger partial charge in [-0.1, -0.05) is 0 Å². The summed E-state index contributed by atoms with van der Waals surface area (Å²) < 4.78 is 5.43. The zero-order chi connectivity index (χ0) is 12.5. The lowest BCUT2D eigenvalue weighted by Crippen LogP contribution is -2.36. The molecule has 0 bridgehead atoms. The van der Waals surface area contributed by atoms with Gasteiger partial charge in [-0.3, -0.25) is 0 Å². The van der Waals surface area contributed by atoms with Gasteiger partial charge >= 0.3 is 6.09 Å². The molecular weight excluding hydrogens is 252 g/mol. The molecule has 0 aromatic heterocycles. The molecule has 1 amide bonds. The molecule has 106 valence electrons. The van der Waals surface area contributed by atoms with Crippen molar-refractivity contribution < 1.29 is 9.53 Å². The van der Waals surface area contributed by atoms with Crippen LogP contribution in [0.5, 0.6) is 0 Å². The Hall–Kier alpha value is -0.480. The maximum atomic E-state index is 12.0. The Morgan fingerprint density at radius 1 is 1.17 bits per heavy atom. The van der Waals surface area contributed by atoms with Crippen LogP contribution >= 0.6 is 12.4 Å². The van der Waals surface area contributed by atoms with Crippen molar-refractivity contribution in [1.29, 1.82) is 0 Å². The van der Waals surface area contributed by atoms with Crippen LogP contribution < -0.4 is 5.32 Å². The van der Waals surface area contributed by atoms with Crippen LogP contribution in [0.1, 0.15) is 33.6 Å². The number of rotatable bonds is 0. The molecule has 0 radical (unpaired) electrons. The van der Waals surface area contributed by atoms with Gasteiger partial charge in [0, 0.05) is 13.1 Å². The Bertz CT molecular complexity index is 277. The Morgan fingerprint density at radius 3 is 2.11 bits per heavy atom. The van der Waals surface area contributed by atoms with Crippen molar-refractivity contribution in [3.05, 3.63) is 0 Å². The first-order chi connectivity index (χ1) is 7.96. The molecule has 2 atom stereocenters. The number of fused-ring (bicyclic) bond motifs is 1. The summed E-state index contributed by atoms with van der Waals surface area (Å²) in [5, 5.41) is 3.42. The number of amides is 1. The van der Waals surface area contributed by atoms with Gasteiger partial charge in [0.25, 0.3) is 0 Å². The fourth-order valence-electron chi connectivity index (χ4n) is 2.77. The van der Waals surface area contributed by atoms with E-state index in [1.165, 1.54) is 12.8 Å². The minimum absolute atomic E-state index is 0. The highest BCUT2D eigenvalue weighted by molar-refractivity contribution is 5.85. The molecule has 1 N–H and O–H groups in total. The molecule has 0 aromatic carbocycles. The summed E-state index contributed by atoms with van der Waals surface area (Å²) in [6.07, 6.45) is 2.23. The molecule has 2 heterocycles. The van der Waals surface area contributed by atoms with Gasteiger partial charge in [0.15, 0.2) is 0 Å². The van der Waals surface area contributed by atoms with E-state index < -0.39 is 0 Å². The van der Waals surface area contributed by atoms with Gasteiger partial charge in [-0.25, -0.2) is 4.79 Å². The molecule has 5 heteroatoms. The SMILES string of the molecule is CC(C)(C)OC(=O)N1C[C@H]2CCNCC[C@@H]2C1.Cl. The van der Waals surface area contributed by atoms with Crippen LogP contribution in [0.25, 0.3) is 0 Å². The van der Waals surface area contributed by atoms with E-state index in [0.717, 1.165) is 26.2 Å². The molecule has 0 aliphatic carbocycles. The van der Waals surface area contributed by atoms with E-state index in [1.54, 1.807) is 0 Å². The Labute approximate surface area is 116 Å². The Morgan fingerprint density at radius 2 is 1.67 bits per heavy atom. The van der Waals surface area contributed by atoms with E-state index in [2.05, 4.69) is 5.32 Å². The third kappa shape index (κ3) is 4.02. The number of ether oxygens (including phenoxy) is 1. The standard InChI is InChI=1S/C13H24N2O2.ClH/c1-13(2,3)17-12(16)15-8-10-4-6-14-7-5-11(10)9-15;/h10-11,14H,4-9H2,1-3H3;1H/t10-,11-;/m1./s1. The van der Waals surface area contributed by atoms with Gasteiger partial charge < -0.3 is 15.0 Å². The van der Waals surface area contributed by atoms with Crippen LogP contribution in [0.3, 0.4) is 0 Å². The molecule has 0 saturated carbocycles. The van der Waals surface area contributed by atoms with Crippen molar-refractivity contribution in [2.45, 2.75) is 39.2 Å². The van der Waals surface area contributed by atoms with Gasteiger partial charge in [0.05, 0.1) is 0 Å². The number of carbonyl (C=O) groups excluding carboxylic acids is 1. The molecule has 18 heavy (non-hydrogen) atoms. The molecule has 2 aliphatic rings. The third-order valence-electron chi connectivity index (χ3n) is 3.61. The number of hydrogen-bond donors (Lipinski definition) is 1.